The third-order valence-electron chi connectivity index (χ3n) is 2.95. The highest BCUT2D eigenvalue weighted by atomic mass is 19.1. The fraction of sp³-hybridized carbons (Fsp3) is 0.417. The smallest absolute Gasteiger partial charge is 0.407 e. The summed E-state index contributed by atoms with van der Waals surface area (Å²) in [5.74, 6) is -0.0459. The van der Waals surface area contributed by atoms with Gasteiger partial charge < -0.3 is 20.1 Å². The summed E-state index contributed by atoms with van der Waals surface area (Å²) in [7, 11) is 1.49. The molecule has 20 heavy (non-hydrogen) atoms. The molecular weight excluding hydrogens is 269 g/mol. The molecule has 2 amide bonds. The standard InChI is InChI=1S/C12H14FN3O4/c1-14-11(17)9-3-2-7(4-15-9)20-10-6-16(12(18)19)5-8(10)13/h2-4,8,10H,5-6H2,1H3,(H,14,17)(H,18,19). The maximum absolute atomic E-state index is 13.6. The predicted molar refractivity (Wildman–Crippen MR) is 66.5 cm³/mol. The first kappa shape index (κ1) is 14.0. The Kier molecular flexibility index (Phi) is 4.02. The second-order valence-corrected chi connectivity index (χ2v) is 4.32. The summed E-state index contributed by atoms with van der Waals surface area (Å²) in [5.41, 5.74) is 0.218. The van der Waals surface area contributed by atoms with Gasteiger partial charge in [0.2, 0.25) is 0 Å². The normalized spacial score (nSPS) is 21.6. The Hall–Kier alpha value is -2.38. The molecule has 2 rings (SSSR count). The van der Waals surface area contributed by atoms with Gasteiger partial charge >= 0.3 is 6.09 Å². The molecule has 1 aliphatic heterocycles. The molecule has 1 aromatic rings. The van der Waals surface area contributed by atoms with Crippen molar-refractivity contribution in [2.45, 2.75) is 12.3 Å². The molecule has 7 nitrogen and oxygen atoms in total. The fourth-order valence-corrected chi connectivity index (χ4v) is 1.89. The molecule has 0 aromatic carbocycles. The average Bonchev–Trinajstić information content (AvgIpc) is 2.80. The van der Waals surface area contributed by atoms with E-state index in [0.717, 1.165) is 4.90 Å². The first-order chi connectivity index (χ1) is 9.51. The second kappa shape index (κ2) is 5.72. The summed E-state index contributed by atoms with van der Waals surface area (Å²) >= 11 is 0. The van der Waals surface area contributed by atoms with Gasteiger partial charge in [-0.25, -0.2) is 14.2 Å². The van der Waals surface area contributed by atoms with E-state index in [4.69, 9.17) is 9.84 Å². The number of hydrogen-bond acceptors (Lipinski definition) is 4. The summed E-state index contributed by atoms with van der Waals surface area (Å²) in [5, 5.41) is 11.2. The van der Waals surface area contributed by atoms with Crippen molar-refractivity contribution in [3.63, 3.8) is 0 Å². The van der Waals surface area contributed by atoms with E-state index >= 15 is 0 Å². The number of pyridine rings is 1. The lowest BCUT2D eigenvalue weighted by Gasteiger charge is -2.15. The van der Waals surface area contributed by atoms with Crippen LogP contribution in [0, 0.1) is 0 Å². The van der Waals surface area contributed by atoms with Gasteiger partial charge in [0.25, 0.3) is 5.91 Å². The summed E-state index contributed by atoms with van der Waals surface area (Å²) < 4.78 is 19.0. The van der Waals surface area contributed by atoms with Crippen molar-refractivity contribution in [3.8, 4) is 5.75 Å². The Labute approximate surface area is 114 Å². The van der Waals surface area contributed by atoms with Gasteiger partial charge in [0.05, 0.1) is 19.3 Å². The number of alkyl halides is 1. The summed E-state index contributed by atoms with van der Waals surface area (Å²) in [4.78, 5) is 26.9. The van der Waals surface area contributed by atoms with Crippen LogP contribution in [0.1, 0.15) is 10.5 Å². The zero-order valence-corrected chi connectivity index (χ0v) is 10.7. The Morgan fingerprint density at radius 1 is 1.50 bits per heavy atom. The molecule has 0 spiro atoms. The van der Waals surface area contributed by atoms with E-state index in [0.29, 0.717) is 0 Å². The van der Waals surface area contributed by atoms with Gasteiger partial charge in [0.15, 0.2) is 6.17 Å². The minimum Gasteiger partial charge on any atom is -0.484 e. The number of rotatable bonds is 3. The van der Waals surface area contributed by atoms with Crippen LogP contribution in [0.25, 0.3) is 0 Å². The molecule has 8 heteroatoms. The van der Waals surface area contributed by atoms with E-state index < -0.39 is 18.4 Å². The molecule has 108 valence electrons. The first-order valence-corrected chi connectivity index (χ1v) is 5.98. The monoisotopic (exact) mass is 283 g/mol. The maximum atomic E-state index is 13.6. The number of amides is 2. The predicted octanol–water partition coefficient (Wildman–Crippen LogP) is 0.520. The van der Waals surface area contributed by atoms with E-state index in [9.17, 15) is 14.0 Å². The number of hydrogen-bond donors (Lipinski definition) is 2. The molecule has 0 radical (unpaired) electrons. The Bertz CT molecular complexity index is 508. The molecule has 1 aromatic heterocycles. The number of nitrogens with one attached hydrogen (secondary N) is 1. The average molecular weight is 283 g/mol. The van der Waals surface area contributed by atoms with Gasteiger partial charge in [-0.15, -0.1) is 0 Å². The molecule has 1 aliphatic rings. The van der Waals surface area contributed by atoms with Crippen LogP contribution >= 0.6 is 0 Å². The van der Waals surface area contributed by atoms with Gasteiger partial charge in [-0.3, -0.25) is 4.79 Å². The number of aromatic nitrogens is 1. The van der Waals surface area contributed by atoms with Crippen LogP contribution in [-0.4, -0.2) is 59.4 Å². The SMILES string of the molecule is CNC(=O)c1ccc(OC2CN(C(=O)O)CC2F)cn1. The van der Waals surface area contributed by atoms with Crippen LogP contribution < -0.4 is 10.1 Å². The Balaban J connectivity index is 2.00. The van der Waals surface area contributed by atoms with Crippen LogP contribution in [0.3, 0.4) is 0 Å². The lowest BCUT2D eigenvalue weighted by molar-refractivity contribution is 0.0957. The molecule has 0 saturated carbocycles. The fourth-order valence-electron chi connectivity index (χ4n) is 1.89. The van der Waals surface area contributed by atoms with Gasteiger partial charge in [0, 0.05) is 7.05 Å². The van der Waals surface area contributed by atoms with Crippen LogP contribution in [0.15, 0.2) is 18.3 Å². The van der Waals surface area contributed by atoms with E-state index in [1.807, 2.05) is 0 Å². The highest BCUT2D eigenvalue weighted by molar-refractivity contribution is 5.91. The van der Waals surface area contributed by atoms with Crippen molar-refractivity contribution in [2.75, 3.05) is 20.1 Å². The quantitative estimate of drug-likeness (QED) is 0.843. The van der Waals surface area contributed by atoms with E-state index in [-0.39, 0.29) is 30.4 Å². The molecule has 2 unspecified atom stereocenters. The highest BCUT2D eigenvalue weighted by Gasteiger charge is 2.37. The van der Waals surface area contributed by atoms with Gasteiger partial charge in [0.1, 0.15) is 17.5 Å². The third-order valence-corrected chi connectivity index (χ3v) is 2.95. The minimum absolute atomic E-state index is 0.0340. The number of carboxylic acid groups (broad SMARTS) is 1. The van der Waals surface area contributed by atoms with E-state index in [1.54, 1.807) is 0 Å². The zero-order valence-electron chi connectivity index (χ0n) is 10.7. The number of ether oxygens (including phenoxy) is 1. The molecule has 0 aliphatic carbocycles. The first-order valence-electron chi connectivity index (χ1n) is 5.98. The number of halogens is 1. The van der Waals surface area contributed by atoms with Crippen molar-refractivity contribution in [3.05, 3.63) is 24.0 Å². The van der Waals surface area contributed by atoms with Crippen molar-refractivity contribution >= 4 is 12.0 Å². The Morgan fingerprint density at radius 3 is 2.75 bits per heavy atom. The number of likely N-dealkylation sites (tertiary alicyclic amines) is 1. The summed E-state index contributed by atoms with van der Waals surface area (Å²) in [6.07, 6.45) is -2.11. The molecule has 2 N–H and O–H groups in total. The summed E-state index contributed by atoms with van der Waals surface area (Å²) in [6, 6.07) is 2.94. The molecule has 1 fully saturated rings. The van der Waals surface area contributed by atoms with Gasteiger partial charge in [-0.1, -0.05) is 0 Å². The summed E-state index contributed by atoms with van der Waals surface area (Å²) in [6.45, 7) is -0.239. The van der Waals surface area contributed by atoms with Crippen molar-refractivity contribution < 1.29 is 23.8 Å². The maximum Gasteiger partial charge on any atom is 0.407 e. The third kappa shape index (κ3) is 2.95. The zero-order chi connectivity index (χ0) is 14.7. The van der Waals surface area contributed by atoms with Crippen molar-refractivity contribution in [1.82, 2.24) is 15.2 Å². The van der Waals surface area contributed by atoms with E-state index in [2.05, 4.69) is 10.3 Å². The number of carbonyl (C=O) groups is 2. The van der Waals surface area contributed by atoms with Gasteiger partial charge in [-0.2, -0.15) is 0 Å². The topological polar surface area (TPSA) is 91.8 Å². The number of carbonyl (C=O) groups excluding carboxylic acids is 1. The molecule has 0 bridgehead atoms. The molecule has 2 atom stereocenters. The van der Waals surface area contributed by atoms with Crippen LogP contribution in [0.5, 0.6) is 5.75 Å². The number of nitrogens with zero attached hydrogens (tertiary/aromatic N) is 2. The lowest BCUT2D eigenvalue weighted by atomic mass is 10.3. The molecule has 1 saturated heterocycles. The van der Waals surface area contributed by atoms with Crippen molar-refractivity contribution in [1.29, 1.82) is 0 Å². The largest absolute Gasteiger partial charge is 0.484 e. The lowest BCUT2D eigenvalue weighted by Crippen LogP contribution is -2.29. The highest BCUT2D eigenvalue weighted by Crippen LogP contribution is 2.20. The van der Waals surface area contributed by atoms with Crippen molar-refractivity contribution in [2.24, 2.45) is 0 Å². The second-order valence-electron chi connectivity index (χ2n) is 4.32. The van der Waals surface area contributed by atoms with Crippen LogP contribution in [0.4, 0.5) is 9.18 Å². The van der Waals surface area contributed by atoms with E-state index in [1.165, 1.54) is 25.4 Å². The molecule has 2 heterocycles. The van der Waals surface area contributed by atoms with Gasteiger partial charge in [-0.05, 0) is 12.1 Å². The Morgan fingerprint density at radius 2 is 2.25 bits per heavy atom. The molecular formula is C12H14FN3O4. The minimum atomic E-state index is -1.38. The van der Waals surface area contributed by atoms with Crippen LogP contribution in [-0.2, 0) is 0 Å². The van der Waals surface area contributed by atoms with Crippen LogP contribution in [0.2, 0.25) is 0 Å².